The van der Waals surface area contributed by atoms with Crippen molar-refractivity contribution in [1.29, 1.82) is 0 Å². The molecule has 1 heterocycles. The second-order valence-electron chi connectivity index (χ2n) is 8.22. The van der Waals surface area contributed by atoms with E-state index in [1.165, 1.54) is 6.07 Å². The number of benzene rings is 1. The Kier molecular flexibility index (Phi) is 6.04. The Morgan fingerprint density at radius 1 is 1.14 bits per heavy atom. The number of aromatic nitrogens is 2. The summed E-state index contributed by atoms with van der Waals surface area (Å²) < 4.78 is 45.6. The van der Waals surface area contributed by atoms with E-state index in [9.17, 15) is 12.8 Å². The van der Waals surface area contributed by atoms with Crippen LogP contribution in [0.4, 0.5) is 10.4 Å². The van der Waals surface area contributed by atoms with Crippen LogP contribution in [0.1, 0.15) is 46.5 Å². The van der Waals surface area contributed by atoms with Gasteiger partial charge in [0.05, 0.1) is 10.3 Å². The minimum atomic E-state index is -3.32. The fourth-order valence-electron chi connectivity index (χ4n) is 3.15. The Hall–Kier alpha value is -2.00. The van der Waals surface area contributed by atoms with Crippen LogP contribution in [0, 0.1) is 11.7 Å². The van der Waals surface area contributed by atoms with Crippen molar-refractivity contribution in [3.05, 3.63) is 30.1 Å². The predicted molar refractivity (Wildman–Crippen MR) is 106 cm³/mol. The molecule has 0 amide bonds. The van der Waals surface area contributed by atoms with E-state index in [1.54, 1.807) is 39.0 Å². The molecule has 1 aliphatic rings. The Balaban J connectivity index is 1.50. The number of anilines is 1. The molecule has 0 spiro atoms. The van der Waals surface area contributed by atoms with Crippen LogP contribution in [0.5, 0.6) is 0 Å². The minimum Gasteiger partial charge on any atom is -0.403 e. The van der Waals surface area contributed by atoms with Gasteiger partial charge < -0.3 is 9.73 Å². The highest BCUT2D eigenvalue weighted by Crippen LogP contribution is 2.28. The third-order valence-electron chi connectivity index (χ3n) is 5.07. The number of nitrogens with zero attached hydrogens (tertiary/aromatic N) is 2. The molecule has 1 aromatic heterocycles. The van der Waals surface area contributed by atoms with Crippen molar-refractivity contribution < 1.29 is 17.2 Å². The van der Waals surface area contributed by atoms with Gasteiger partial charge in [0.1, 0.15) is 5.82 Å². The fraction of sp³-hybridized carbons (Fsp3) is 0.579. The van der Waals surface area contributed by atoms with Gasteiger partial charge in [0.25, 0.3) is 5.89 Å². The van der Waals surface area contributed by atoms with Crippen LogP contribution >= 0.6 is 0 Å². The number of rotatable bonds is 6. The standard InChI is InChI=1S/C19H27FN4O3S/c1-19(2,3)28(25,26)21-12-13-8-10-14(11-9-13)22-18-24-23-17(27-18)15-6-4-5-7-16(15)20/h4-7,13-14,21H,8-12H2,1-3H3,(H,22,24)/t13-,14-. The topological polar surface area (TPSA) is 97.1 Å². The zero-order valence-electron chi connectivity index (χ0n) is 16.4. The fourth-order valence-corrected chi connectivity index (χ4v) is 4.04. The van der Waals surface area contributed by atoms with Crippen LogP contribution in [0.2, 0.25) is 0 Å². The first-order valence-corrected chi connectivity index (χ1v) is 11.0. The molecule has 2 N–H and O–H groups in total. The molecular weight excluding hydrogens is 383 g/mol. The lowest BCUT2D eigenvalue weighted by Gasteiger charge is -2.29. The quantitative estimate of drug-likeness (QED) is 0.756. The lowest BCUT2D eigenvalue weighted by molar-refractivity contribution is 0.333. The van der Waals surface area contributed by atoms with Gasteiger partial charge in [0.2, 0.25) is 10.0 Å². The summed E-state index contributed by atoms with van der Waals surface area (Å²) in [5, 5.41) is 11.1. The van der Waals surface area contributed by atoms with Crippen LogP contribution in [0.3, 0.4) is 0 Å². The number of halogens is 1. The van der Waals surface area contributed by atoms with Crippen molar-refractivity contribution in [2.75, 3.05) is 11.9 Å². The van der Waals surface area contributed by atoms with Crippen molar-refractivity contribution in [1.82, 2.24) is 14.9 Å². The van der Waals surface area contributed by atoms with Gasteiger partial charge in [-0.25, -0.2) is 17.5 Å². The summed E-state index contributed by atoms with van der Waals surface area (Å²) in [5.41, 5.74) is 0.276. The largest absolute Gasteiger partial charge is 0.403 e. The van der Waals surface area contributed by atoms with Crippen LogP contribution in [0.15, 0.2) is 28.7 Å². The molecule has 0 bridgehead atoms. The summed E-state index contributed by atoms with van der Waals surface area (Å²) in [7, 11) is -3.32. The molecular formula is C19H27FN4O3S. The highest BCUT2D eigenvalue weighted by molar-refractivity contribution is 7.90. The van der Waals surface area contributed by atoms with E-state index in [4.69, 9.17) is 4.42 Å². The van der Waals surface area contributed by atoms with Crippen molar-refractivity contribution in [3.8, 4) is 11.5 Å². The molecule has 3 rings (SSSR count). The van der Waals surface area contributed by atoms with Gasteiger partial charge in [-0.2, -0.15) is 0 Å². The van der Waals surface area contributed by atoms with Gasteiger partial charge in [-0.1, -0.05) is 17.2 Å². The lowest BCUT2D eigenvalue weighted by atomic mass is 9.86. The molecule has 1 aromatic carbocycles. The second-order valence-corrected chi connectivity index (χ2v) is 10.7. The first-order chi connectivity index (χ1) is 13.2. The number of hydrogen-bond acceptors (Lipinski definition) is 6. The Labute approximate surface area is 165 Å². The van der Waals surface area contributed by atoms with Gasteiger partial charge in [-0.3, -0.25) is 0 Å². The number of hydrogen-bond donors (Lipinski definition) is 2. The van der Waals surface area contributed by atoms with E-state index >= 15 is 0 Å². The van der Waals surface area contributed by atoms with Gasteiger partial charge in [-0.05, 0) is 64.5 Å². The van der Waals surface area contributed by atoms with Gasteiger partial charge in [0, 0.05) is 12.6 Å². The van der Waals surface area contributed by atoms with Crippen molar-refractivity contribution >= 4 is 16.0 Å². The molecule has 1 saturated carbocycles. The maximum absolute atomic E-state index is 13.8. The molecule has 1 fully saturated rings. The van der Waals surface area contributed by atoms with Crippen LogP contribution < -0.4 is 10.0 Å². The molecule has 0 atom stereocenters. The zero-order chi connectivity index (χ0) is 20.4. The van der Waals surface area contributed by atoms with Gasteiger partial charge >= 0.3 is 6.01 Å². The Morgan fingerprint density at radius 3 is 2.46 bits per heavy atom. The average molecular weight is 411 g/mol. The van der Waals surface area contributed by atoms with E-state index in [-0.39, 0.29) is 23.5 Å². The minimum absolute atomic E-state index is 0.144. The number of nitrogens with one attached hydrogen (secondary N) is 2. The van der Waals surface area contributed by atoms with E-state index in [1.807, 2.05) is 0 Å². The molecule has 1 aliphatic carbocycles. The van der Waals surface area contributed by atoms with E-state index in [2.05, 4.69) is 20.2 Å². The molecule has 2 aromatic rings. The Bertz CT molecular complexity index is 900. The van der Waals surface area contributed by atoms with Gasteiger partial charge in [-0.15, -0.1) is 5.10 Å². The third-order valence-corrected chi connectivity index (χ3v) is 7.23. The van der Waals surface area contributed by atoms with Crippen LogP contribution in [0.25, 0.3) is 11.5 Å². The summed E-state index contributed by atoms with van der Waals surface area (Å²) in [6.45, 7) is 5.53. The third kappa shape index (κ3) is 4.88. The zero-order valence-corrected chi connectivity index (χ0v) is 17.2. The summed E-state index contributed by atoms with van der Waals surface area (Å²) in [6.07, 6.45) is 3.55. The first kappa shape index (κ1) is 20.7. The smallest absolute Gasteiger partial charge is 0.315 e. The predicted octanol–water partition coefficient (Wildman–Crippen LogP) is 3.56. The van der Waals surface area contributed by atoms with E-state index in [0.29, 0.717) is 12.5 Å². The normalized spacial score (nSPS) is 20.9. The maximum atomic E-state index is 13.8. The average Bonchev–Trinajstić information content (AvgIpc) is 3.09. The van der Waals surface area contributed by atoms with E-state index in [0.717, 1.165) is 25.7 Å². The molecule has 154 valence electrons. The first-order valence-electron chi connectivity index (χ1n) is 9.50. The van der Waals surface area contributed by atoms with Crippen LogP contribution in [-0.2, 0) is 10.0 Å². The molecule has 28 heavy (non-hydrogen) atoms. The summed E-state index contributed by atoms with van der Waals surface area (Å²) in [5.74, 6) is 0.0497. The lowest BCUT2D eigenvalue weighted by Crippen LogP contribution is -2.42. The Morgan fingerprint density at radius 2 is 1.82 bits per heavy atom. The van der Waals surface area contributed by atoms with E-state index < -0.39 is 20.6 Å². The van der Waals surface area contributed by atoms with Gasteiger partial charge in [0.15, 0.2) is 0 Å². The van der Waals surface area contributed by atoms with Crippen molar-refractivity contribution in [3.63, 3.8) is 0 Å². The SMILES string of the molecule is CC(C)(C)S(=O)(=O)NC[C@H]1CC[C@H](Nc2nnc(-c3ccccc3F)o2)CC1. The highest BCUT2D eigenvalue weighted by atomic mass is 32.2. The summed E-state index contributed by atoms with van der Waals surface area (Å²) >= 11 is 0. The molecule has 7 nitrogen and oxygen atoms in total. The van der Waals surface area contributed by atoms with Crippen molar-refractivity contribution in [2.24, 2.45) is 5.92 Å². The second kappa shape index (κ2) is 8.16. The highest BCUT2D eigenvalue weighted by Gasteiger charge is 2.30. The number of sulfonamides is 1. The molecule has 9 heteroatoms. The molecule has 0 saturated heterocycles. The molecule has 0 aliphatic heterocycles. The summed E-state index contributed by atoms with van der Waals surface area (Å²) in [6, 6.07) is 6.71. The molecule has 0 radical (unpaired) electrons. The van der Waals surface area contributed by atoms with Crippen LogP contribution in [-0.4, -0.2) is 35.9 Å². The summed E-state index contributed by atoms with van der Waals surface area (Å²) in [4.78, 5) is 0. The monoisotopic (exact) mass is 410 g/mol. The van der Waals surface area contributed by atoms with Crippen molar-refractivity contribution in [2.45, 2.75) is 57.2 Å². The maximum Gasteiger partial charge on any atom is 0.315 e. The molecule has 0 unspecified atom stereocenters.